The van der Waals surface area contributed by atoms with Crippen LogP contribution in [0.1, 0.15) is 25.8 Å². The SMILES string of the molecule is CCOC(C)c1ncc(Br)c(NC)n1. The van der Waals surface area contributed by atoms with E-state index in [1.54, 1.807) is 6.20 Å². The van der Waals surface area contributed by atoms with Crippen LogP contribution in [0.25, 0.3) is 0 Å². The molecule has 1 atom stereocenters. The quantitative estimate of drug-likeness (QED) is 0.902. The van der Waals surface area contributed by atoms with Crippen molar-refractivity contribution in [1.82, 2.24) is 9.97 Å². The van der Waals surface area contributed by atoms with Crippen LogP contribution < -0.4 is 5.32 Å². The molecule has 0 aliphatic rings. The fraction of sp³-hybridized carbons (Fsp3) is 0.556. The van der Waals surface area contributed by atoms with Gasteiger partial charge in [0.1, 0.15) is 11.9 Å². The minimum atomic E-state index is -0.0693. The van der Waals surface area contributed by atoms with Crippen molar-refractivity contribution in [3.63, 3.8) is 0 Å². The highest BCUT2D eigenvalue weighted by Crippen LogP contribution is 2.21. The van der Waals surface area contributed by atoms with Crippen LogP contribution >= 0.6 is 15.9 Å². The van der Waals surface area contributed by atoms with E-state index >= 15 is 0 Å². The maximum Gasteiger partial charge on any atom is 0.159 e. The first-order valence-electron chi connectivity index (χ1n) is 4.50. The van der Waals surface area contributed by atoms with Crippen molar-refractivity contribution < 1.29 is 4.74 Å². The minimum Gasteiger partial charge on any atom is -0.372 e. The summed E-state index contributed by atoms with van der Waals surface area (Å²) in [5.74, 6) is 1.47. The Hall–Kier alpha value is -0.680. The summed E-state index contributed by atoms with van der Waals surface area (Å²) < 4.78 is 6.25. The molecule has 0 radical (unpaired) electrons. The lowest BCUT2D eigenvalue weighted by Gasteiger charge is -2.11. The molecule has 0 amide bonds. The maximum atomic E-state index is 5.40. The number of rotatable bonds is 4. The predicted molar refractivity (Wildman–Crippen MR) is 59.3 cm³/mol. The van der Waals surface area contributed by atoms with Gasteiger partial charge in [0.05, 0.1) is 4.47 Å². The highest BCUT2D eigenvalue weighted by Gasteiger charge is 2.10. The van der Waals surface area contributed by atoms with Gasteiger partial charge in [-0.2, -0.15) is 0 Å². The van der Waals surface area contributed by atoms with E-state index in [0.29, 0.717) is 12.4 Å². The number of hydrogen-bond donors (Lipinski definition) is 1. The van der Waals surface area contributed by atoms with Gasteiger partial charge in [-0.05, 0) is 29.8 Å². The maximum absolute atomic E-state index is 5.40. The smallest absolute Gasteiger partial charge is 0.159 e. The fourth-order valence-corrected chi connectivity index (χ4v) is 1.47. The van der Waals surface area contributed by atoms with Gasteiger partial charge in [-0.1, -0.05) is 0 Å². The lowest BCUT2D eigenvalue weighted by molar-refractivity contribution is 0.0701. The van der Waals surface area contributed by atoms with Crippen LogP contribution in [0.3, 0.4) is 0 Å². The third kappa shape index (κ3) is 2.65. The molecule has 0 spiro atoms. The monoisotopic (exact) mass is 259 g/mol. The molecule has 1 rings (SSSR count). The fourth-order valence-electron chi connectivity index (χ4n) is 1.08. The van der Waals surface area contributed by atoms with Crippen LogP contribution in [0.15, 0.2) is 10.7 Å². The van der Waals surface area contributed by atoms with Crippen molar-refractivity contribution in [3.8, 4) is 0 Å². The summed E-state index contributed by atoms with van der Waals surface area (Å²) in [6.07, 6.45) is 1.66. The van der Waals surface area contributed by atoms with Crippen LogP contribution in [0.5, 0.6) is 0 Å². The topological polar surface area (TPSA) is 47.0 Å². The molecule has 0 aromatic carbocycles. The predicted octanol–water partition coefficient (Wildman–Crippen LogP) is 2.38. The Morgan fingerprint density at radius 1 is 1.64 bits per heavy atom. The highest BCUT2D eigenvalue weighted by molar-refractivity contribution is 9.10. The Labute approximate surface area is 92.2 Å². The summed E-state index contributed by atoms with van der Waals surface area (Å²) in [6, 6.07) is 0. The number of hydrogen-bond acceptors (Lipinski definition) is 4. The van der Waals surface area contributed by atoms with Crippen LogP contribution in [-0.4, -0.2) is 23.6 Å². The van der Waals surface area contributed by atoms with E-state index in [2.05, 4.69) is 31.2 Å². The number of anilines is 1. The second-order valence-electron chi connectivity index (χ2n) is 2.77. The first kappa shape index (κ1) is 11.4. The second-order valence-corrected chi connectivity index (χ2v) is 3.63. The lowest BCUT2D eigenvalue weighted by atomic mass is 10.3. The van der Waals surface area contributed by atoms with E-state index in [9.17, 15) is 0 Å². The molecule has 1 heterocycles. The molecule has 1 N–H and O–H groups in total. The van der Waals surface area contributed by atoms with Crippen molar-refractivity contribution in [2.75, 3.05) is 19.0 Å². The van der Waals surface area contributed by atoms with E-state index in [4.69, 9.17) is 4.74 Å². The first-order valence-corrected chi connectivity index (χ1v) is 5.30. The number of halogens is 1. The summed E-state index contributed by atoms with van der Waals surface area (Å²) in [6.45, 7) is 4.55. The van der Waals surface area contributed by atoms with Gasteiger partial charge in [0, 0.05) is 19.9 Å². The number of nitrogens with zero attached hydrogens (tertiary/aromatic N) is 2. The molecule has 4 nitrogen and oxygen atoms in total. The number of aromatic nitrogens is 2. The summed E-state index contributed by atoms with van der Waals surface area (Å²) in [4.78, 5) is 8.50. The van der Waals surface area contributed by atoms with Crippen molar-refractivity contribution in [3.05, 3.63) is 16.5 Å². The van der Waals surface area contributed by atoms with Crippen molar-refractivity contribution in [2.24, 2.45) is 0 Å². The van der Waals surface area contributed by atoms with Crippen LogP contribution in [0, 0.1) is 0 Å². The van der Waals surface area contributed by atoms with Crippen LogP contribution in [-0.2, 0) is 4.74 Å². The van der Waals surface area contributed by atoms with E-state index in [1.807, 2.05) is 20.9 Å². The molecule has 1 unspecified atom stereocenters. The van der Waals surface area contributed by atoms with Crippen molar-refractivity contribution in [1.29, 1.82) is 0 Å². The standard InChI is InChI=1S/C9H14BrN3O/c1-4-14-6(2)8-12-5-7(10)9(11-3)13-8/h5-6H,4H2,1-3H3,(H,11,12,13). The van der Waals surface area contributed by atoms with Gasteiger partial charge in [-0.3, -0.25) is 0 Å². The molecule has 0 bridgehead atoms. The van der Waals surface area contributed by atoms with Crippen molar-refractivity contribution >= 4 is 21.7 Å². The lowest BCUT2D eigenvalue weighted by Crippen LogP contribution is -2.07. The van der Waals surface area contributed by atoms with Gasteiger partial charge in [-0.15, -0.1) is 0 Å². The van der Waals surface area contributed by atoms with Crippen LogP contribution in [0.2, 0.25) is 0 Å². The zero-order valence-corrected chi connectivity index (χ0v) is 10.1. The normalized spacial score (nSPS) is 12.6. The molecule has 1 aromatic rings. The second kappa shape index (κ2) is 5.26. The van der Waals surface area contributed by atoms with E-state index in [-0.39, 0.29) is 6.10 Å². The summed E-state index contributed by atoms with van der Waals surface area (Å²) >= 11 is 3.35. The summed E-state index contributed by atoms with van der Waals surface area (Å²) in [5, 5.41) is 2.98. The first-order chi connectivity index (χ1) is 6.69. The van der Waals surface area contributed by atoms with Crippen molar-refractivity contribution in [2.45, 2.75) is 20.0 Å². The number of nitrogens with one attached hydrogen (secondary N) is 1. The Morgan fingerprint density at radius 2 is 2.36 bits per heavy atom. The average Bonchev–Trinajstić information content (AvgIpc) is 2.19. The molecule has 78 valence electrons. The Bertz CT molecular complexity index is 306. The zero-order valence-electron chi connectivity index (χ0n) is 8.54. The molecular formula is C9H14BrN3O. The zero-order chi connectivity index (χ0) is 10.6. The van der Waals surface area contributed by atoms with Gasteiger partial charge < -0.3 is 10.1 Å². The summed E-state index contributed by atoms with van der Waals surface area (Å²) in [7, 11) is 1.82. The third-order valence-electron chi connectivity index (χ3n) is 1.78. The van der Waals surface area contributed by atoms with Gasteiger partial charge in [0.25, 0.3) is 0 Å². The van der Waals surface area contributed by atoms with Gasteiger partial charge >= 0.3 is 0 Å². The Morgan fingerprint density at radius 3 is 2.93 bits per heavy atom. The Balaban J connectivity index is 2.88. The van der Waals surface area contributed by atoms with Gasteiger partial charge in [0.2, 0.25) is 0 Å². The molecule has 0 aliphatic heterocycles. The van der Waals surface area contributed by atoms with Crippen LogP contribution in [0.4, 0.5) is 5.82 Å². The Kier molecular flexibility index (Phi) is 4.28. The molecule has 0 saturated carbocycles. The molecule has 0 fully saturated rings. The largest absolute Gasteiger partial charge is 0.372 e. The minimum absolute atomic E-state index is 0.0693. The van der Waals surface area contributed by atoms with Gasteiger partial charge in [-0.25, -0.2) is 9.97 Å². The highest BCUT2D eigenvalue weighted by atomic mass is 79.9. The molecule has 5 heteroatoms. The summed E-state index contributed by atoms with van der Waals surface area (Å²) in [5.41, 5.74) is 0. The molecular weight excluding hydrogens is 246 g/mol. The van der Waals surface area contributed by atoms with E-state index < -0.39 is 0 Å². The average molecular weight is 260 g/mol. The molecule has 0 aliphatic carbocycles. The molecule has 0 saturated heterocycles. The number of ether oxygens (including phenoxy) is 1. The third-order valence-corrected chi connectivity index (χ3v) is 2.36. The van der Waals surface area contributed by atoms with Gasteiger partial charge in [0.15, 0.2) is 5.82 Å². The molecule has 1 aromatic heterocycles. The van der Waals surface area contributed by atoms with E-state index in [0.717, 1.165) is 10.3 Å². The molecule has 14 heavy (non-hydrogen) atoms. The van der Waals surface area contributed by atoms with E-state index in [1.165, 1.54) is 0 Å².